The Kier molecular flexibility index (Phi) is 6.75. The molecule has 24 heavy (non-hydrogen) atoms. The van der Waals surface area contributed by atoms with Crippen LogP contribution in [0.3, 0.4) is 0 Å². The number of nitrogens with one attached hydrogen (secondary N) is 1. The van der Waals surface area contributed by atoms with Crippen LogP contribution in [-0.2, 0) is 16.1 Å². The van der Waals surface area contributed by atoms with Gasteiger partial charge in [0.05, 0.1) is 19.2 Å². The fourth-order valence-corrected chi connectivity index (χ4v) is 2.80. The molecule has 0 spiro atoms. The van der Waals surface area contributed by atoms with Crippen molar-refractivity contribution in [3.8, 4) is 0 Å². The molecule has 1 aliphatic rings. The minimum atomic E-state index is -0.310. The highest BCUT2D eigenvalue weighted by Crippen LogP contribution is 2.11. The van der Waals surface area contributed by atoms with E-state index < -0.39 is 0 Å². The summed E-state index contributed by atoms with van der Waals surface area (Å²) >= 11 is 0. The summed E-state index contributed by atoms with van der Waals surface area (Å²) in [5.41, 5.74) is 1.75. The summed E-state index contributed by atoms with van der Waals surface area (Å²) in [4.78, 5) is 27.8. The molecule has 6 nitrogen and oxygen atoms in total. The fourth-order valence-electron chi connectivity index (χ4n) is 2.80. The zero-order valence-corrected chi connectivity index (χ0v) is 14.7. The maximum absolute atomic E-state index is 11.8. The van der Waals surface area contributed by atoms with E-state index in [0.717, 1.165) is 32.7 Å². The minimum Gasteiger partial charge on any atom is -0.465 e. The Morgan fingerprint density at radius 2 is 1.67 bits per heavy atom. The van der Waals surface area contributed by atoms with Crippen molar-refractivity contribution in [2.45, 2.75) is 26.4 Å². The van der Waals surface area contributed by atoms with Gasteiger partial charge >= 0.3 is 5.97 Å². The summed E-state index contributed by atoms with van der Waals surface area (Å²) in [6, 6.07) is 7.72. The van der Waals surface area contributed by atoms with Gasteiger partial charge in [0.2, 0.25) is 5.91 Å². The number of rotatable bonds is 6. The molecule has 0 bridgehead atoms. The highest BCUT2D eigenvalue weighted by Gasteiger charge is 2.19. The van der Waals surface area contributed by atoms with E-state index in [1.165, 1.54) is 12.7 Å². The number of piperazine rings is 1. The molecule has 0 aromatic heterocycles. The number of carbonyl (C=O) groups excluding carboxylic acids is 2. The smallest absolute Gasteiger partial charge is 0.337 e. The standard InChI is InChI=1S/C18H27N3O3/c1-14(2)19-17(22)13-21-10-8-20(9-11-21)12-15-4-6-16(7-5-15)18(23)24-3/h4-7,14H,8-13H2,1-3H3,(H,19,22). The molecular weight excluding hydrogens is 306 g/mol. The van der Waals surface area contributed by atoms with E-state index in [-0.39, 0.29) is 17.9 Å². The first kappa shape index (κ1) is 18.4. The summed E-state index contributed by atoms with van der Waals surface area (Å²) in [7, 11) is 1.39. The van der Waals surface area contributed by atoms with Crippen molar-refractivity contribution in [2.75, 3.05) is 39.8 Å². The molecule has 1 aromatic carbocycles. The second-order valence-corrected chi connectivity index (χ2v) is 6.46. The largest absolute Gasteiger partial charge is 0.465 e. The Morgan fingerprint density at radius 1 is 1.08 bits per heavy atom. The number of esters is 1. The summed E-state index contributed by atoms with van der Waals surface area (Å²) < 4.78 is 4.71. The van der Waals surface area contributed by atoms with Crippen LogP contribution in [0, 0.1) is 0 Å². The van der Waals surface area contributed by atoms with Gasteiger partial charge in [0, 0.05) is 38.8 Å². The summed E-state index contributed by atoms with van der Waals surface area (Å²) in [5.74, 6) is -0.216. The number of methoxy groups -OCH3 is 1. The average Bonchev–Trinajstić information content (AvgIpc) is 2.56. The molecule has 0 saturated carbocycles. The van der Waals surface area contributed by atoms with Gasteiger partial charge in [-0.3, -0.25) is 14.6 Å². The van der Waals surface area contributed by atoms with Gasteiger partial charge in [-0.1, -0.05) is 12.1 Å². The molecule has 0 atom stereocenters. The first-order valence-corrected chi connectivity index (χ1v) is 8.39. The predicted octanol–water partition coefficient (Wildman–Crippen LogP) is 1.12. The Labute approximate surface area is 143 Å². The Bertz CT molecular complexity index is 549. The molecule has 1 N–H and O–H groups in total. The highest BCUT2D eigenvalue weighted by atomic mass is 16.5. The van der Waals surface area contributed by atoms with Crippen molar-refractivity contribution in [1.29, 1.82) is 0 Å². The molecule has 6 heteroatoms. The van der Waals surface area contributed by atoms with Gasteiger partial charge in [-0.15, -0.1) is 0 Å². The lowest BCUT2D eigenvalue weighted by molar-refractivity contribution is -0.123. The van der Waals surface area contributed by atoms with E-state index >= 15 is 0 Å². The van der Waals surface area contributed by atoms with E-state index in [4.69, 9.17) is 4.74 Å². The van der Waals surface area contributed by atoms with Crippen LogP contribution in [0.1, 0.15) is 29.8 Å². The first-order chi connectivity index (χ1) is 11.5. The quantitative estimate of drug-likeness (QED) is 0.791. The van der Waals surface area contributed by atoms with Crippen LogP contribution in [-0.4, -0.2) is 67.6 Å². The second kappa shape index (κ2) is 8.80. The van der Waals surface area contributed by atoms with Crippen LogP contribution in [0.2, 0.25) is 0 Å². The van der Waals surface area contributed by atoms with Gasteiger partial charge in [-0.25, -0.2) is 4.79 Å². The third kappa shape index (κ3) is 5.62. The number of hydrogen-bond acceptors (Lipinski definition) is 5. The number of carbonyl (C=O) groups is 2. The van der Waals surface area contributed by atoms with Gasteiger partial charge in [0.1, 0.15) is 0 Å². The summed E-state index contributed by atoms with van der Waals surface area (Å²) in [6.07, 6.45) is 0. The molecule has 1 aromatic rings. The molecule has 0 radical (unpaired) electrons. The number of hydrogen-bond donors (Lipinski definition) is 1. The van der Waals surface area contributed by atoms with Crippen LogP contribution in [0.15, 0.2) is 24.3 Å². The van der Waals surface area contributed by atoms with Gasteiger partial charge in [0.15, 0.2) is 0 Å². The lowest BCUT2D eigenvalue weighted by Crippen LogP contribution is -2.49. The first-order valence-electron chi connectivity index (χ1n) is 8.39. The summed E-state index contributed by atoms with van der Waals surface area (Å²) in [6.45, 7) is 8.94. The second-order valence-electron chi connectivity index (χ2n) is 6.46. The Morgan fingerprint density at radius 3 is 2.21 bits per heavy atom. The Hall–Kier alpha value is -1.92. The lowest BCUT2D eigenvalue weighted by atomic mass is 10.1. The van der Waals surface area contributed by atoms with Crippen LogP contribution >= 0.6 is 0 Å². The third-order valence-corrected chi connectivity index (χ3v) is 4.06. The van der Waals surface area contributed by atoms with Crippen LogP contribution in [0.25, 0.3) is 0 Å². The molecule has 132 valence electrons. The number of nitrogens with zero attached hydrogens (tertiary/aromatic N) is 2. The van der Waals surface area contributed by atoms with Crippen LogP contribution in [0.4, 0.5) is 0 Å². The molecular formula is C18H27N3O3. The third-order valence-electron chi connectivity index (χ3n) is 4.06. The monoisotopic (exact) mass is 333 g/mol. The lowest BCUT2D eigenvalue weighted by Gasteiger charge is -2.34. The molecule has 1 amide bonds. The molecule has 1 fully saturated rings. The molecule has 2 rings (SSSR count). The van der Waals surface area contributed by atoms with Crippen molar-refractivity contribution in [2.24, 2.45) is 0 Å². The molecule has 0 unspecified atom stereocenters. The average molecular weight is 333 g/mol. The number of ether oxygens (including phenoxy) is 1. The topological polar surface area (TPSA) is 61.9 Å². The van der Waals surface area contributed by atoms with E-state index in [1.54, 1.807) is 12.1 Å². The van der Waals surface area contributed by atoms with Crippen molar-refractivity contribution >= 4 is 11.9 Å². The van der Waals surface area contributed by atoms with E-state index in [2.05, 4.69) is 15.1 Å². The van der Waals surface area contributed by atoms with Crippen LogP contribution in [0.5, 0.6) is 0 Å². The molecule has 1 heterocycles. The van der Waals surface area contributed by atoms with Crippen molar-refractivity contribution in [3.63, 3.8) is 0 Å². The number of amides is 1. The molecule has 1 aliphatic heterocycles. The zero-order valence-electron chi connectivity index (χ0n) is 14.7. The Balaban J connectivity index is 1.76. The predicted molar refractivity (Wildman–Crippen MR) is 92.8 cm³/mol. The van der Waals surface area contributed by atoms with Crippen molar-refractivity contribution < 1.29 is 14.3 Å². The van der Waals surface area contributed by atoms with E-state index in [0.29, 0.717) is 12.1 Å². The van der Waals surface area contributed by atoms with Crippen molar-refractivity contribution in [1.82, 2.24) is 15.1 Å². The fraction of sp³-hybridized carbons (Fsp3) is 0.556. The van der Waals surface area contributed by atoms with E-state index in [9.17, 15) is 9.59 Å². The summed E-state index contributed by atoms with van der Waals surface area (Å²) in [5, 5.41) is 2.93. The highest BCUT2D eigenvalue weighted by molar-refractivity contribution is 5.89. The van der Waals surface area contributed by atoms with Gasteiger partial charge in [-0.2, -0.15) is 0 Å². The van der Waals surface area contributed by atoms with E-state index in [1.807, 2.05) is 26.0 Å². The zero-order chi connectivity index (χ0) is 17.5. The normalized spacial score (nSPS) is 16.2. The maximum atomic E-state index is 11.8. The van der Waals surface area contributed by atoms with Gasteiger partial charge in [-0.05, 0) is 31.5 Å². The van der Waals surface area contributed by atoms with Gasteiger partial charge < -0.3 is 10.1 Å². The van der Waals surface area contributed by atoms with Gasteiger partial charge in [0.25, 0.3) is 0 Å². The molecule has 1 saturated heterocycles. The van der Waals surface area contributed by atoms with Crippen molar-refractivity contribution in [3.05, 3.63) is 35.4 Å². The van der Waals surface area contributed by atoms with Crippen LogP contribution < -0.4 is 5.32 Å². The SMILES string of the molecule is COC(=O)c1ccc(CN2CCN(CC(=O)NC(C)C)CC2)cc1. The maximum Gasteiger partial charge on any atom is 0.337 e. The number of benzene rings is 1. The minimum absolute atomic E-state index is 0.0943. The molecule has 0 aliphatic carbocycles.